The molecule has 2 aromatic rings. The minimum Gasteiger partial charge on any atom is -0.384 e. The lowest BCUT2D eigenvalue weighted by Gasteiger charge is -2.46. The molecule has 148 valence electrons. The normalized spacial score (nSPS) is 22.0. The number of aryl methyl sites for hydroxylation is 1. The zero-order valence-electron chi connectivity index (χ0n) is 16.4. The van der Waals surface area contributed by atoms with Crippen LogP contribution in [-0.4, -0.2) is 33.2 Å². The number of anilines is 3. The molecular formula is C20H26N6O2. The molecule has 1 aliphatic heterocycles. The number of nitrogen functional groups attached to an aromatic ring is 2. The Morgan fingerprint density at radius 1 is 1.25 bits per heavy atom. The maximum atomic E-state index is 13.1. The number of nitrogens with one attached hydrogen (secondary N) is 1. The molecule has 2 aromatic heterocycles. The van der Waals surface area contributed by atoms with E-state index in [1.165, 1.54) is 6.20 Å². The van der Waals surface area contributed by atoms with Crippen molar-refractivity contribution in [3.05, 3.63) is 41.7 Å². The van der Waals surface area contributed by atoms with Gasteiger partial charge in [0, 0.05) is 12.7 Å². The minimum atomic E-state index is -0.699. The van der Waals surface area contributed by atoms with Crippen LogP contribution in [0.25, 0.3) is 0 Å². The number of carbonyl (C=O) groups excluding carboxylic acids is 2. The van der Waals surface area contributed by atoms with Crippen LogP contribution in [0.15, 0.2) is 30.6 Å². The summed E-state index contributed by atoms with van der Waals surface area (Å²) in [6, 6.07) is 5.27. The van der Waals surface area contributed by atoms with E-state index in [2.05, 4.69) is 22.2 Å². The molecule has 3 rings (SSSR count). The number of amides is 2. The molecule has 0 unspecified atom stereocenters. The van der Waals surface area contributed by atoms with Crippen LogP contribution < -0.4 is 16.8 Å². The molecule has 8 nitrogen and oxygen atoms in total. The highest BCUT2D eigenvalue weighted by molar-refractivity contribution is 6.39. The van der Waals surface area contributed by atoms with Crippen LogP contribution in [0, 0.1) is 12.8 Å². The molecule has 3 heterocycles. The summed E-state index contributed by atoms with van der Waals surface area (Å²) in [5.41, 5.74) is 12.8. The Bertz CT molecular complexity index is 898. The van der Waals surface area contributed by atoms with Crippen molar-refractivity contribution in [3.63, 3.8) is 0 Å². The van der Waals surface area contributed by atoms with Crippen molar-refractivity contribution in [1.29, 1.82) is 0 Å². The van der Waals surface area contributed by atoms with Crippen molar-refractivity contribution >= 4 is 29.1 Å². The molecule has 1 aliphatic rings. The first-order valence-corrected chi connectivity index (χ1v) is 9.28. The van der Waals surface area contributed by atoms with E-state index in [4.69, 9.17) is 11.5 Å². The van der Waals surface area contributed by atoms with Crippen LogP contribution in [0.1, 0.15) is 37.8 Å². The number of aromatic nitrogens is 2. The van der Waals surface area contributed by atoms with E-state index in [1.54, 1.807) is 30.2 Å². The summed E-state index contributed by atoms with van der Waals surface area (Å²) in [6.45, 7) is 6.32. The molecule has 2 atom stereocenters. The molecule has 2 amide bonds. The number of hydrogen-bond acceptors (Lipinski definition) is 6. The lowest BCUT2D eigenvalue weighted by Crippen LogP contribution is -2.55. The number of piperidine rings is 1. The van der Waals surface area contributed by atoms with Crippen molar-refractivity contribution in [2.24, 2.45) is 5.92 Å². The molecule has 8 heteroatoms. The topological polar surface area (TPSA) is 127 Å². The van der Waals surface area contributed by atoms with Gasteiger partial charge in [-0.25, -0.2) is 9.97 Å². The third kappa shape index (κ3) is 3.76. The SMILES string of the molecule is Cc1cc(NC(=O)C(=O)N2C[C@@H](C)CC[C@@]2(C)c2ccc(N)nc2)cnc1N. The Morgan fingerprint density at radius 2 is 2.00 bits per heavy atom. The molecule has 0 aliphatic carbocycles. The van der Waals surface area contributed by atoms with E-state index in [-0.39, 0.29) is 0 Å². The van der Waals surface area contributed by atoms with Gasteiger partial charge in [-0.1, -0.05) is 13.0 Å². The highest BCUT2D eigenvalue weighted by Crippen LogP contribution is 2.39. The number of carbonyl (C=O) groups is 2. The van der Waals surface area contributed by atoms with Crippen molar-refractivity contribution < 1.29 is 9.59 Å². The highest BCUT2D eigenvalue weighted by Gasteiger charge is 2.43. The van der Waals surface area contributed by atoms with Crippen LogP contribution in [0.2, 0.25) is 0 Å². The third-order valence-corrected chi connectivity index (χ3v) is 5.44. The second-order valence-corrected chi connectivity index (χ2v) is 7.69. The Balaban J connectivity index is 1.86. The maximum absolute atomic E-state index is 13.1. The fraction of sp³-hybridized carbons (Fsp3) is 0.400. The smallest absolute Gasteiger partial charge is 0.313 e. The Kier molecular flexibility index (Phi) is 5.22. The second-order valence-electron chi connectivity index (χ2n) is 7.69. The summed E-state index contributed by atoms with van der Waals surface area (Å²) in [7, 11) is 0. The van der Waals surface area contributed by atoms with Gasteiger partial charge in [-0.3, -0.25) is 9.59 Å². The Labute approximate surface area is 164 Å². The quantitative estimate of drug-likeness (QED) is 0.682. The first-order valence-electron chi connectivity index (χ1n) is 9.28. The molecule has 5 N–H and O–H groups in total. The van der Waals surface area contributed by atoms with Crippen molar-refractivity contribution in [1.82, 2.24) is 14.9 Å². The minimum absolute atomic E-state index is 0.298. The van der Waals surface area contributed by atoms with Gasteiger partial charge in [0.05, 0.1) is 17.4 Å². The van der Waals surface area contributed by atoms with Gasteiger partial charge in [0.25, 0.3) is 0 Å². The summed E-state index contributed by atoms with van der Waals surface area (Å²) < 4.78 is 0. The van der Waals surface area contributed by atoms with E-state index in [9.17, 15) is 9.59 Å². The molecule has 1 saturated heterocycles. The Hall–Kier alpha value is -3.16. The number of pyridine rings is 2. The number of likely N-dealkylation sites (tertiary alicyclic amines) is 1. The maximum Gasteiger partial charge on any atom is 0.313 e. The van der Waals surface area contributed by atoms with Crippen molar-refractivity contribution in [3.8, 4) is 0 Å². The van der Waals surface area contributed by atoms with Crippen LogP contribution in [0.5, 0.6) is 0 Å². The summed E-state index contributed by atoms with van der Waals surface area (Å²) in [5.74, 6) is -0.182. The van der Waals surface area contributed by atoms with E-state index >= 15 is 0 Å². The van der Waals surface area contributed by atoms with Gasteiger partial charge in [-0.2, -0.15) is 0 Å². The lowest BCUT2D eigenvalue weighted by molar-refractivity contribution is -0.150. The summed E-state index contributed by atoms with van der Waals surface area (Å²) in [4.78, 5) is 35.6. The molecule has 0 saturated carbocycles. The van der Waals surface area contributed by atoms with Gasteiger partial charge in [-0.15, -0.1) is 0 Å². The Morgan fingerprint density at radius 3 is 2.64 bits per heavy atom. The fourth-order valence-corrected chi connectivity index (χ4v) is 3.56. The van der Waals surface area contributed by atoms with Crippen LogP contribution in [-0.2, 0) is 15.1 Å². The van der Waals surface area contributed by atoms with E-state index < -0.39 is 17.4 Å². The van der Waals surface area contributed by atoms with Crippen LogP contribution >= 0.6 is 0 Å². The summed E-state index contributed by atoms with van der Waals surface area (Å²) in [5, 5.41) is 2.64. The van der Waals surface area contributed by atoms with E-state index in [0.29, 0.717) is 29.8 Å². The molecule has 0 radical (unpaired) electrons. The zero-order chi connectivity index (χ0) is 20.5. The molecule has 0 aromatic carbocycles. The third-order valence-electron chi connectivity index (χ3n) is 5.44. The van der Waals surface area contributed by atoms with Gasteiger partial charge in [0.1, 0.15) is 11.6 Å². The average molecular weight is 382 g/mol. The standard InChI is InChI=1S/C20H26N6O2/c1-12-6-7-20(3,14-4-5-16(21)23-9-14)26(11-12)19(28)18(27)25-15-8-13(2)17(22)24-10-15/h4-5,8-10,12H,6-7,11H2,1-3H3,(H2,21,23)(H2,22,24)(H,25,27)/t12-,20-/m0/s1. The molecule has 1 fully saturated rings. The lowest BCUT2D eigenvalue weighted by atomic mass is 9.79. The van der Waals surface area contributed by atoms with Crippen LogP contribution in [0.3, 0.4) is 0 Å². The van der Waals surface area contributed by atoms with Crippen LogP contribution in [0.4, 0.5) is 17.3 Å². The monoisotopic (exact) mass is 382 g/mol. The predicted octanol–water partition coefficient (Wildman–Crippen LogP) is 2.06. The first-order chi connectivity index (χ1) is 13.2. The van der Waals surface area contributed by atoms with E-state index in [1.807, 2.05) is 13.0 Å². The molecular weight excluding hydrogens is 356 g/mol. The average Bonchev–Trinajstić information content (AvgIpc) is 2.66. The molecule has 28 heavy (non-hydrogen) atoms. The zero-order valence-corrected chi connectivity index (χ0v) is 16.4. The number of nitrogens with two attached hydrogens (primary N) is 2. The van der Waals surface area contributed by atoms with Gasteiger partial charge in [-0.05, 0) is 55.9 Å². The van der Waals surface area contributed by atoms with E-state index in [0.717, 1.165) is 24.0 Å². The number of hydrogen-bond donors (Lipinski definition) is 3. The number of rotatable bonds is 2. The van der Waals surface area contributed by atoms with Crippen molar-refractivity contribution in [2.75, 3.05) is 23.3 Å². The van der Waals surface area contributed by atoms with Crippen molar-refractivity contribution in [2.45, 2.75) is 39.2 Å². The summed E-state index contributed by atoms with van der Waals surface area (Å²) in [6.07, 6.45) is 4.81. The highest BCUT2D eigenvalue weighted by atomic mass is 16.2. The fourth-order valence-electron chi connectivity index (χ4n) is 3.56. The first kappa shape index (κ1) is 19.6. The van der Waals surface area contributed by atoms with Gasteiger partial charge >= 0.3 is 11.8 Å². The second kappa shape index (κ2) is 7.46. The van der Waals surface area contributed by atoms with Gasteiger partial charge in [0.2, 0.25) is 0 Å². The molecule has 0 bridgehead atoms. The number of nitrogens with zero attached hydrogens (tertiary/aromatic N) is 3. The van der Waals surface area contributed by atoms with Gasteiger partial charge in [0.15, 0.2) is 0 Å². The predicted molar refractivity (Wildman–Crippen MR) is 108 cm³/mol. The summed E-state index contributed by atoms with van der Waals surface area (Å²) >= 11 is 0. The molecule has 0 spiro atoms. The largest absolute Gasteiger partial charge is 0.384 e. The van der Waals surface area contributed by atoms with Gasteiger partial charge < -0.3 is 21.7 Å².